The molecule has 0 aliphatic carbocycles. The molecule has 0 amide bonds. The topological polar surface area (TPSA) is 26.3 Å². The second-order valence-electron chi connectivity index (χ2n) is 2.52. The van der Waals surface area contributed by atoms with Gasteiger partial charge in [-0.3, -0.25) is 4.79 Å². The van der Waals surface area contributed by atoms with Crippen LogP contribution in [0.5, 0.6) is 0 Å². The van der Waals surface area contributed by atoms with Crippen LogP contribution >= 0.6 is 0 Å². The van der Waals surface area contributed by atoms with Crippen LogP contribution in [0.1, 0.15) is 32.6 Å². The Labute approximate surface area is 66.7 Å². The van der Waals surface area contributed by atoms with E-state index in [-0.39, 0.29) is 6.42 Å². The Morgan fingerprint density at radius 3 is 2.73 bits per heavy atom. The first-order valence-electron chi connectivity index (χ1n) is 3.91. The minimum absolute atomic E-state index is 0.101. The van der Waals surface area contributed by atoms with Gasteiger partial charge in [0.15, 0.2) is 0 Å². The van der Waals surface area contributed by atoms with Gasteiger partial charge in [0, 0.05) is 0 Å². The number of hydrogen-bond acceptors (Lipinski definition) is 2. The number of alkyl halides is 1. The van der Waals surface area contributed by atoms with Crippen LogP contribution in [0.3, 0.4) is 0 Å². The molecule has 0 heterocycles. The highest BCUT2D eigenvalue weighted by Gasteiger charge is 2.11. The summed E-state index contributed by atoms with van der Waals surface area (Å²) in [5, 5.41) is 0. The van der Waals surface area contributed by atoms with E-state index >= 15 is 0 Å². The average Bonchev–Trinajstić information content (AvgIpc) is 2.00. The lowest BCUT2D eigenvalue weighted by molar-refractivity contribution is -0.141. The van der Waals surface area contributed by atoms with Crippen LogP contribution in [0.25, 0.3) is 0 Å². The highest BCUT2D eigenvalue weighted by Crippen LogP contribution is 2.08. The Balaban J connectivity index is 3.35. The van der Waals surface area contributed by atoms with E-state index in [9.17, 15) is 9.18 Å². The molecule has 0 bridgehead atoms. The molecule has 1 atom stereocenters. The molecule has 0 aromatic heterocycles. The van der Waals surface area contributed by atoms with Crippen molar-refractivity contribution in [2.24, 2.45) is 0 Å². The van der Waals surface area contributed by atoms with E-state index in [2.05, 4.69) is 4.74 Å². The fraction of sp³-hybridized carbons (Fsp3) is 0.875. The molecule has 11 heavy (non-hydrogen) atoms. The van der Waals surface area contributed by atoms with Crippen molar-refractivity contribution in [1.82, 2.24) is 0 Å². The van der Waals surface area contributed by atoms with Gasteiger partial charge in [-0.15, -0.1) is 0 Å². The lowest BCUT2D eigenvalue weighted by Gasteiger charge is -2.04. The number of methoxy groups -OCH3 is 1. The van der Waals surface area contributed by atoms with E-state index in [1.807, 2.05) is 6.92 Å². The van der Waals surface area contributed by atoms with Crippen molar-refractivity contribution in [3.8, 4) is 0 Å². The lowest BCUT2D eigenvalue weighted by atomic mass is 10.1. The summed E-state index contributed by atoms with van der Waals surface area (Å²) in [6.07, 6.45) is 1.13. The van der Waals surface area contributed by atoms with Crippen LogP contribution in [0.4, 0.5) is 4.39 Å². The van der Waals surface area contributed by atoms with Gasteiger partial charge in [-0.25, -0.2) is 4.39 Å². The molecule has 0 fully saturated rings. The van der Waals surface area contributed by atoms with Gasteiger partial charge < -0.3 is 4.74 Å². The molecule has 0 saturated carbocycles. The molecule has 3 heteroatoms. The molecule has 0 rings (SSSR count). The van der Waals surface area contributed by atoms with Gasteiger partial charge in [0.05, 0.1) is 13.5 Å². The zero-order valence-corrected chi connectivity index (χ0v) is 7.10. The maximum atomic E-state index is 12.7. The smallest absolute Gasteiger partial charge is 0.308 e. The van der Waals surface area contributed by atoms with Gasteiger partial charge in [0.2, 0.25) is 0 Å². The first kappa shape index (κ1) is 10.4. The molecule has 0 aliphatic rings. The molecule has 0 aromatic carbocycles. The average molecular weight is 162 g/mol. The summed E-state index contributed by atoms with van der Waals surface area (Å²) in [6, 6.07) is 0. The Hall–Kier alpha value is -0.600. The largest absolute Gasteiger partial charge is 0.469 e. The maximum Gasteiger partial charge on any atom is 0.308 e. The van der Waals surface area contributed by atoms with E-state index in [1.54, 1.807) is 0 Å². The van der Waals surface area contributed by atoms with Crippen LogP contribution in [-0.2, 0) is 9.53 Å². The summed E-state index contributed by atoms with van der Waals surface area (Å²) in [4.78, 5) is 10.5. The van der Waals surface area contributed by atoms with E-state index in [0.717, 1.165) is 12.8 Å². The summed E-state index contributed by atoms with van der Waals surface area (Å²) in [5.41, 5.74) is 0. The minimum atomic E-state index is -1.03. The molecular weight excluding hydrogens is 147 g/mol. The summed E-state index contributed by atoms with van der Waals surface area (Å²) in [7, 11) is 1.27. The predicted octanol–water partition coefficient (Wildman–Crippen LogP) is 2.08. The molecular formula is C8H15FO2. The van der Waals surface area contributed by atoms with Gasteiger partial charge in [-0.2, -0.15) is 0 Å². The highest BCUT2D eigenvalue weighted by molar-refractivity contribution is 5.69. The number of unbranched alkanes of at least 4 members (excludes halogenated alkanes) is 1. The number of halogens is 1. The van der Waals surface area contributed by atoms with Crippen LogP contribution in [-0.4, -0.2) is 19.3 Å². The van der Waals surface area contributed by atoms with Crippen LogP contribution in [0.2, 0.25) is 0 Å². The molecule has 2 nitrogen and oxygen atoms in total. The molecule has 66 valence electrons. The fourth-order valence-corrected chi connectivity index (χ4v) is 0.792. The Morgan fingerprint density at radius 2 is 2.27 bits per heavy atom. The van der Waals surface area contributed by atoms with Crippen molar-refractivity contribution in [2.75, 3.05) is 7.11 Å². The normalized spacial score (nSPS) is 12.6. The van der Waals surface area contributed by atoms with E-state index in [0.29, 0.717) is 6.42 Å². The standard InChI is InChI=1S/C8H15FO2/c1-3-4-5-7(9)6-8(10)11-2/h7H,3-6H2,1-2H3/t7-/m1/s1. The predicted molar refractivity (Wildman–Crippen MR) is 41.1 cm³/mol. The van der Waals surface area contributed by atoms with Crippen molar-refractivity contribution in [3.63, 3.8) is 0 Å². The summed E-state index contributed by atoms with van der Waals surface area (Å²) < 4.78 is 17.0. The number of carbonyl (C=O) groups excluding carboxylic acids is 1. The molecule has 0 N–H and O–H groups in total. The molecule has 0 saturated heterocycles. The molecule has 0 unspecified atom stereocenters. The third-order valence-electron chi connectivity index (χ3n) is 1.49. The quantitative estimate of drug-likeness (QED) is 0.578. The van der Waals surface area contributed by atoms with Crippen LogP contribution in [0.15, 0.2) is 0 Å². The first-order chi connectivity index (χ1) is 5.20. The van der Waals surface area contributed by atoms with Gasteiger partial charge in [-0.05, 0) is 6.42 Å². The third kappa shape index (κ3) is 5.83. The number of rotatable bonds is 5. The maximum absolute atomic E-state index is 12.7. The van der Waals surface area contributed by atoms with E-state index in [4.69, 9.17) is 0 Å². The third-order valence-corrected chi connectivity index (χ3v) is 1.49. The number of ether oxygens (including phenoxy) is 1. The highest BCUT2D eigenvalue weighted by atomic mass is 19.1. The van der Waals surface area contributed by atoms with Crippen molar-refractivity contribution < 1.29 is 13.9 Å². The van der Waals surface area contributed by atoms with Crippen molar-refractivity contribution in [1.29, 1.82) is 0 Å². The first-order valence-corrected chi connectivity index (χ1v) is 3.91. The monoisotopic (exact) mass is 162 g/mol. The SMILES string of the molecule is CCCC[C@@H](F)CC(=O)OC. The van der Waals surface area contributed by atoms with Crippen molar-refractivity contribution in [2.45, 2.75) is 38.8 Å². The molecule has 0 spiro atoms. The minimum Gasteiger partial charge on any atom is -0.469 e. The zero-order valence-electron chi connectivity index (χ0n) is 7.10. The fourth-order valence-electron chi connectivity index (χ4n) is 0.792. The summed E-state index contributed by atoms with van der Waals surface area (Å²) in [5.74, 6) is -0.464. The van der Waals surface area contributed by atoms with E-state index < -0.39 is 12.1 Å². The summed E-state index contributed by atoms with van der Waals surface area (Å²) in [6.45, 7) is 1.99. The number of esters is 1. The summed E-state index contributed by atoms with van der Waals surface area (Å²) >= 11 is 0. The number of carbonyl (C=O) groups is 1. The Bertz CT molecular complexity index is 115. The number of hydrogen-bond donors (Lipinski definition) is 0. The van der Waals surface area contributed by atoms with Crippen LogP contribution in [0, 0.1) is 0 Å². The van der Waals surface area contributed by atoms with Gasteiger partial charge in [0.1, 0.15) is 6.17 Å². The molecule has 0 aromatic rings. The van der Waals surface area contributed by atoms with E-state index in [1.165, 1.54) is 7.11 Å². The second kappa shape index (κ2) is 6.13. The zero-order chi connectivity index (χ0) is 8.69. The Kier molecular flexibility index (Phi) is 5.80. The van der Waals surface area contributed by atoms with Gasteiger partial charge >= 0.3 is 5.97 Å². The van der Waals surface area contributed by atoms with Gasteiger partial charge in [0.25, 0.3) is 0 Å². The lowest BCUT2D eigenvalue weighted by Crippen LogP contribution is -2.10. The second-order valence-corrected chi connectivity index (χ2v) is 2.52. The van der Waals surface area contributed by atoms with Crippen molar-refractivity contribution >= 4 is 5.97 Å². The van der Waals surface area contributed by atoms with Crippen LogP contribution < -0.4 is 0 Å². The Morgan fingerprint density at radius 1 is 1.64 bits per heavy atom. The van der Waals surface area contributed by atoms with Crippen molar-refractivity contribution in [3.05, 3.63) is 0 Å². The van der Waals surface area contributed by atoms with Gasteiger partial charge in [-0.1, -0.05) is 19.8 Å². The molecule has 0 radical (unpaired) electrons. The molecule has 0 aliphatic heterocycles.